The van der Waals surface area contributed by atoms with Gasteiger partial charge in [0.05, 0.1) is 6.07 Å². The molecule has 1 fully saturated rings. The van der Waals surface area contributed by atoms with Crippen molar-refractivity contribution in [2.45, 2.75) is 31.7 Å². The van der Waals surface area contributed by atoms with Crippen LogP contribution >= 0.6 is 0 Å². The van der Waals surface area contributed by atoms with E-state index in [1.54, 1.807) is 12.1 Å². The Morgan fingerprint density at radius 2 is 1.75 bits per heavy atom. The van der Waals surface area contributed by atoms with E-state index in [9.17, 15) is 4.39 Å². The van der Waals surface area contributed by atoms with Gasteiger partial charge in [0.25, 0.3) is 0 Å². The van der Waals surface area contributed by atoms with Gasteiger partial charge in [-0.3, -0.25) is 0 Å². The Morgan fingerprint density at radius 1 is 1.12 bits per heavy atom. The molecule has 0 aromatic heterocycles. The summed E-state index contributed by atoms with van der Waals surface area (Å²) in [6, 6.07) is 9.18. The van der Waals surface area contributed by atoms with Gasteiger partial charge in [-0.1, -0.05) is 0 Å². The lowest BCUT2D eigenvalue weighted by Gasteiger charge is -2.26. The van der Waals surface area contributed by atoms with E-state index in [-0.39, 0.29) is 11.7 Å². The summed E-state index contributed by atoms with van der Waals surface area (Å²) in [6.45, 7) is 0. The van der Waals surface area contributed by atoms with Crippen molar-refractivity contribution in [2.24, 2.45) is 5.92 Å². The second kappa shape index (κ2) is 4.98. The average Bonchev–Trinajstić information content (AvgIpc) is 2.33. The zero-order chi connectivity index (χ0) is 11.4. The minimum atomic E-state index is -0.210. The molecular formula is C13H15FN2. The zero-order valence-electron chi connectivity index (χ0n) is 9.12. The Bertz CT molecular complexity index is 372. The third-order valence-corrected chi connectivity index (χ3v) is 3.12. The molecule has 1 aliphatic rings. The van der Waals surface area contributed by atoms with Crippen molar-refractivity contribution < 1.29 is 4.39 Å². The van der Waals surface area contributed by atoms with E-state index >= 15 is 0 Å². The first-order chi connectivity index (χ1) is 7.78. The van der Waals surface area contributed by atoms with Crippen LogP contribution in [0.25, 0.3) is 0 Å². The fourth-order valence-electron chi connectivity index (χ4n) is 2.15. The van der Waals surface area contributed by atoms with E-state index in [0.29, 0.717) is 6.04 Å². The maximum Gasteiger partial charge on any atom is 0.123 e. The lowest BCUT2D eigenvalue weighted by atomic mass is 9.87. The molecule has 1 aromatic carbocycles. The summed E-state index contributed by atoms with van der Waals surface area (Å²) in [5.41, 5.74) is 0.960. The topological polar surface area (TPSA) is 35.8 Å². The SMILES string of the molecule is N#CC1CCC(Nc2ccc(F)cc2)CC1. The van der Waals surface area contributed by atoms with Crippen LogP contribution in [-0.2, 0) is 0 Å². The number of nitrogens with zero attached hydrogens (tertiary/aromatic N) is 1. The van der Waals surface area contributed by atoms with E-state index < -0.39 is 0 Å². The molecule has 1 N–H and O–H groups in total. The van der Waals surface area contributed by atoms with Crippen LogP contribution in [0.5, 0.6) is 0 Å². The van der Waals surface area contributed by atoms with Crippen LogP contribution in [0.3, 0.4) is 0 Å². The normalized spacial score (nSPS) is 24.8. The molecule has 16 heavy (non-hydrogen) atoms. The quantitative estimate of drug-likeness (QED) is 0.826. The summed E-state index contributed by atoms with van der Waals surface area (Å²) < 4.78 is 12.7. The number of hydrogen-bond acceptors (Lipinski definition) is 2. The second-order valence-corrected chi connectivity index (χ2v) is 4.33. The molecule has 0 unspecified atom stereocenters. The predicted molar refractivity (Wildman–Crippen MR) is 61.4 cm³/mol. The predicted octanol–water partition coefficient (Wildman–Crippen LogP) is 3.32. The van der Waals surface area contributed by atoms with Crippen molar-refractivity contribution in [3.05, 3.63) is 30.1 Å². The van der Waals surface area contributed by atoms with Crippen molar-refractivity contribution in [1.82, 2.24) is 0 Å². The molecular weight excluding hydrogens is 203 g/mol. The van der Waals surface area contributed by atoms with Crippen LogP contribution in [0.2, 0.25) is 0 Å². The highest BCUT2D eigenvalue weighted by Gasteiger charge is 2.20. The fourth-order valence-corrected chi connectivity index (χ4v) is 2.15. The van der Waals surface area contributed by atoms with Gasteiger partial charge >= 0.3 is 0 Å². The highest BCUT2D eigenvalue weighted by molar-refractivity contribution is 5.43. The summed E-state index contributed by atoms with van der Waals surface area (Å²) in [5, 5.41) is 12.2. The zero-order valence-corrected chi connectivity index (χ0v) is 9.12. The van der Waals surface area contributed by atoms with Crippen molar-refractivity contribution in [2.75, 3.05) is 5.32 Å². The highest BCUT2D eigenvalue weighted by Crippen LogP contribution is 2.25. The van der Waals surface area contributed by atoms with Crippen molar-refractivity contribution in [1.29, 1.82) is 5.26 Å². The van der Waals surface area contributed by atoms with Gasteiger partial charge in [-0.2, -0.15) is 5.26 Å². The van der Waals surface area contributed by atoms with Crippen LogP contribution in [0, 0.1) is 23.1 Å². The van der Waals surface area contributed by atoms with Gasteiger partial charge in [0.15, 0.2) is 0 Å². The van der Waals surface area contributed by atoms with Gasteiger partial charge in [0, 0.05) is 17.6 Å². The van der Waals surface area contributed by atoms with E-state index in [2.05, 4.69) is 11.4 Å². The molecule has 2 nitrogen and oxygen atoms in total. The molecule has 0 amide bonds. The van der Waals surface area contributed by atoms with Gasteiger partial charge in [0.1, 0.15) is 5.82 Å². The van der Waals surface area contributed by atoms with E-state index in [4.69, 9.17) is 5.26 Å². The minimum Gasteiger partial charge on any atom is -0.382 e. The first-order valence-corrected chi connectivity index (χ1v) is 5.69. The van der Waals surface area contributed by atoms with Crippen molar-refractivity contribution in [3.63, 3.8) is 0 Å². The van der Waals surface area contributed by atoms with Gasteiger partial charge in [0.2, 0.25) is 0 Å². The lowest BCUT2D eigenvalue weighted by Crippen LogP contribution is -2.25. The molecule has 1 aliphatic carbocycles. The smallest absolute Gasteiger partial charge is 0.123 e. The van der Waals surface area contributed by atoms with Crippen LogP contribution in [0.15, 0.2) is 24.3 Å². The van der Waals surface area contributed by atoms with Gasteiger partial charge in [-0.15, -0.1) is 0 Å². The monoisotopic (exact) mass is 218 g/mol. The summed E-state index contributed by atoms with van der Waals surface area (Å²) in [6.07, 6.45) is 3.98. The fraction of sp³-hybridized carbons (Fsp3) is 0.462. The highest BCUT2D eigenvalue weighted by atomic mass is 19.1. The molecule has 0 heterocycles. The third-order valence-electron chi connectivity index (χ3n) is 3.12. The summed E-state index contributed by atoms with van der Waals surface area (Å²) >= 11 is 0. The molecule has 1 saturated carbocycles. The Kier molecular flexibility index (Phi) is 3.40. The molecule has 1 aromatic rings. The van der Waals surface area contributed by atoms with Crippen LogP contribution in [-0.4, -0.2) is 6.04 Å². The molecule has 0 spiro atoms. The minimum absolute atomic E-state index is 0.210. The Labute approximate surface area is 95.1 Å². The van der Waals surface area contributed by atoms with Crippen LogP contribution in [0.4, 0.5) is 10.1 Å². The van der Waals surface area contributed by atoms with Gasteiger partial charge in [-0.05, 0) is 49.9 Å². The van der Waals surface area contributed by atoms with Gasteiger partial charge in [-0.25, -0.2) is 4.39 Å². The third kappa shape index (κ3) is 2.73. The molecule has 3 heteroatoms. The second-order valence-electron chi connectivity index (χ2n) is 4.33. The number of anilines is 1. The van der Waals surface area contributed by atoms with Crippen LogP contribution < -0.4 is 5.32 Å². The number of benzene rings is 1. The van der Waals surface area contributed by atoms with E-state index in [1.165, 1.54) is 12.1 Å². The molecule has 0 bridgehead atoms. The Hall–Kier alpha value is -1.56. The standard InChI is InChI=1S/C13H15FN2/c14-11-3-7-13(8-4-11)16-12-5-1-10(9-15)2-6-12/h3-4,7-8,10,12,16H,1-2,5-6H2. The van der Waals surface area contributed by atoms with Crippen molar-refractivity contribution in [3.8, 4) is 6.07 Å². The summed E-state index contributed by atoms with van der Waals surface area (Å²) in [4.78, 5) is 0. The average molecular weight is 218 g/mol. The molecule has 0 radical (unpaired) electrons. The lowest BCUT2D eigenvalue weighted by molar-refractivity contribution is 0.397. The number of halogens is 1. The molecule has 0 saturated heterocycles. The maximum absolute atomic E-state index is 12.7. The number of nitrogens with one attached hydrogen (secondary N) is 1. The molecule has 84 valence electrons. The van der Waals surface area contributed by atoms with Crippen molar-refractivity contribution >= 4 is 5.69 Å². The Balaban J connectivity index is 1.87. The number of hydrogen-bond donors (Lipinski definition) is 1. The first kappa shape index (κ1) is 10.9. The Morgan fingerprint density at radius 3 is 2.31 bits per heavy atom. The van der Waals surface area contributed by atoms with Gasteiger partial charge < -0.3 is 5.32 Å². The summed E-state index contributed by atoms with van der Waals surface area (Å²) in [7, 11) is 0. The van der Waals surface area contributed by atoms with E-state index in [0.717, 1.165) is 31.4 Å². The molecule has 0 aliphatic heterocycles. The number of rotatable bonds is 2. The summed E-state index contributed by atoms with van der Waals surface area (Å²) in [5.74, 6) is 0.0185. The molecule has 0 atom stereocenters. The largest absolute Gasteiger partial charge is 0.382 e. The maximum atomic E-state index is 12.7. The van der Waals surface area contributed by atoms with Crippen LogP contribution in [0.1, 0.15) is 25.7 Å². The van der Waals surface area contributed by atoms with E-state index in [1.807, 2.05) is 0 Å². The first-order valence-electron chi connectivity index (χ1n) is 5.69. The molecule has 2 rings (SSSR count). The number of nitriles is 1.